The summed E-state index contributed by atoms with van der Waals surface area (Å²) in [6.07, 6.45) is 4.00. The number of nitrogens with zero attached hydrogens (tertiary/aromatic N) is 1. The molecule has 1 aliphatic heterocycles. The standard InChI is InChI=1S/C18H22N2S/c1-2-4-18-16(3-1)9-15(10-19-18)12-20(17-5-6-17)11-14-7-8-21-13-14/h1-4,7-8,13,15,17,19H,5-6,9-12H2. The van der Waals surface area contributed by atoms with E-state index in [9.17, 15) is 0 Å². The lowest BCUT2D eigenvalue weighted by Gasteiger charge is -2.31. The molecule has 3 heteroatoms. The van der Waals surface area contributed by atoms with Gasteiger partial charge in [-0.05, 0) is 59.2 Å². The third-order valence-electron chi connectivity index (χ3n) is 4.63. The topological polar surface area (TPSA) is 15.3 Å². The van der Waals surface area contributed by atoms with Crippen LogP contribution in [0.25, 0.3) is 0 Å². The first-order valence-corrected chi connectivity index (χ1v) is 8.89. The molecule has 110 valence electrons. The van der Waals surface area contributed by atoms with Crippen molar-refractivity contribution in [2.75, 3.05) is 18.4 Å². The van der Waals surface area contributed by atoms with E-state index in [4.69, 9.17) is 0 Å². The number of fused-ring (bicyclic) bond motifs is 1. The summed E-state index contributed by atoms with van der Waals surface area (Å²) < 4.78 is 0. The van der Waals surface area contributed by atoms with Gasteiger partial charge in [-0.3, -0.25) is 4.90 Å². The first kappa shape index (κ1) is 13.4. The Labute approximate surface area is 130 Å². The van der Waals surface area contributed by atoms with Crippen molar-refractivity contribution in [1.82, 2.24) is 4.90 Å². The summed E-state index contributed by atoms with van der Waals surface area (Å²) in [6.45, 7) is 3.47. The molecule has 0 radical (unpaired) electrons. The molecule has 2 heterocycles. The average Bonchev–Trinajstić information content (AvgIpc) is 3.24. The number of nitrogens with one attached hydrogen (secondary N) is 1. The molecule has 1 aliphatic carbocycles. The number of rotatable bonds is 5. The molecule has 1 fully saturated rings. The Kier molecular flexibility index (Phi) is 3.70. The van der Waals surface area contributed by atoms with E-state index in [2.05, 4.69) is 51.3 Å². The molecule has 0 amide bonds. The summed E-state index contributed by atoms with van der Waals surface area (Å²) in [5.41, 5.74) is 4.31. The quantitative estimate of drug-likeness (QED) is 0.897. The van der Waals surface area contributed by atoms with Gasteiger partial charge in [-0.2, -0.15) is 11.3 Å². The molecule has 2 nitrogen and oxygen atoms in total. The van der Waals surface area contributed by atoms with Crippen LogP contribution in [0.15, 0.2) is 41.1 Å². The van der Waals surface area contributed by atoms with Crippen LogP contribution in [0.1, 0.15) is 24.0 Å². The lowest BCUT2D eigenvalue weighted by Crippen LogP contribution is -2.36. The second kappa shape index (κ2) is 5.82. The number of hydrogen-bond acceptors (Lipinski definition) is 3. The second-order valence-corrected chi connectivity index (χ2v) is 7.18. The van der Waals surface area contributed by atoms with Crippen molar-refractivity contribution in [3.63, 3.8) is 0 Å². The van der Waals surface area contributed by atoms with Crippen molar-refractivity contribution in [1.29, 1.82) is 0 Å². The van der Waals surface area contributed by atoms with Gasteiger partial charge < -0.3 is 5.32 Å². The summed E-state index contributed by atoms with van der Waals surface area (Å²) in [6, 6.07) is 11.9. The first-order valence-electron chi connectivity index (χ1n) is 7.95. The van der Waals surface area contributed by atoms with Crippen LogP contribution < -0.4 is 5.32 Å². The highest BCUT2D eigenvalue weighted by atomic mass is 32.1. The minimum Gasteiger partial charge on any atom is -0.384 e. The highest BCUT2D eigenvalue weighted by Gasteiger charge is 2.31. The number of hydrogen-bond donors (Lipinski definition) is 1. The molecule has 4 rings (SSSR count). The van der Waals surface area contributed by atoms with Crippen molar-refractivity contribution in [2.45, 2.75) is 31.8 Å². The van der Waals surface area contributed by atoms with Gasteiger partial charge in [0, 0.05) is 31.4 Å². The summed E-state index contributed by atoms with van der Waals surface area (Å²) in [4.78, 5) is 2.71. The highest BCUT2D eigenvalue weighted by molar-refractivity contribution is 7.07. The van der Waals surface area contributed by atoms with Crippen molar-refractivity contribution < 1.29 is 0 Å². The zero-order chi connectivity index (χ0) is 14.1. The van der Waals surface area contributed by atoms with E-state index in [0.717, 1.165) is 25.0 Å². The zero-order valence-corrected chi connectivity index (χ0v) is 13.1. The van der Waals surface area contributed by atoms with Crippen LogP contribution in [0.3, 0.4) is 0 Å². The third-order valence-corrected chi connectivity index (χ3v) is 5.36. The molecular weight excluding hydrogens is 276 g/mol. The summed E-state index contributed by atoms with van der Waals surface area (Å²) in [5.74, 6) is 0.735. The van der Waals surface area contributed by atoms with Gasteiger partial charge in [0.1, 0.15) is 0 Å². The lowest BCUT2D eigenvalue weighted by atomic mass is 9.93. The van der Waals surface area contributed by atoms with Gasteiger partial charge in [0.2, 0.25) is 0 Å². The lowest BCUT2D eigenvalue weighted by molar-refractivity contribution is 0.215. The largest absolute Gasteiger partial charge is 0.384 e. The second-order valence-electron chi connectivity index (χ2n) is 6.40. The molecular formula is C18H22N2S. The molecule has 1 atom stereocenters. The van der Waals surface area contributed by atoms with E-state index in [1.165, 1.54) is 42.6 Å². The minimum absolute atomic E-state index is 0.735. The molecule has 0 saturated heterocycles. The van der Waals surface area contributed by atoms with E-state index < -0.39 is 0 Å². The van der Waals surface area contributed by atoms with Crippen LogP contribution >= 0.6 is 11.3 Å². The Balaban J connectivity index is 1.42. The van der Waals surface area contributed by atoms with Gasteiger partial charge in [-0.1, -0.05) is 18.2 Å². The molecule has 2 aliphatic rings. The fourth-order valence-electron chi connectivity index (χ4n) is 3.37. The Morgan fingerprint density at radius 3 is 2.90 bits per heavy atom. The first-order chi connectivity index (χ1) is 10.4. The van der Waals surface area contributed by atoms with Crippen LogP contribution in [-0.4, -0.2) is 24.0 Å². The third kappa shape index (κ3) is 3.14. The van der Waals surface area contributed by atoms with Gasteiger partial charge in [0.05, 0.1) is 0 Å². The number of thiophene rings is 1. The maximum absolute atomic E-state index is 3.61. The van der Waals surface area contributed by atoms with Crippen molar-refractivity contribution >= 4 is 17.0 Å². The molecule has 1 saturated carbocycles. The van der Waals surface area contributed by atoms with Gasteiger partial charge in [-0.15, -0.1) is 0 Å². The van der Waals surface area contributed by atoms with Gasteiger partial charge in [0.25, 0.3) is 0 Å². The molecule has 21 heavy (non-hydrogen) atoms. The highest BCUT2D eigenvalue weighted by Crippen LogP contribution is 2.31. The Morgan fingerprint density at radius 1 is 1.19 bits per heavy atom. The minimum atomic E-state index is 0.735. The molecule has 2 aromatic rings. The Morgan fingerprint density at radius 2 is 2.10 bits per heavy atom. The van der Waals surface area contributed by atoms with E-state index in [1.807, 2.05) is 11.3 Å². The number of anilines is 1. The zero-order valence-electron chi connectivity index (χ0n) is 12.3. The van der Waals surface area contributed by atoms with Crippen LogP contribution in [0, 0.1) is 5.92 Å². The fraction of sp³-hybridized carbons (Fsp3) is 0.444. The van der Waals surface area contributed by atoms with E-state index in [0.29, 0.717) is 0 Å². The molecule has 0 spiro atoms. The van der Waals surface area contributed by atoms with Crippen LogP contribution in [0.5, 0.6) is 0 Å². The molecule has 0 bridgehead atoms. The maximum atomic E-state index is 3.61. The van der Waals surface area contributed by atoms with Gasteiger partial charge in [0.15, 0.2) is 0 Å². The smallest absolute Gasteiger partial charge is 0.0372 e. The average molecular weight is 298 g/mol. The van der Waals surface area contributed by atoms with Crippen LogP contribution in [-0.2, 0) is 13.0 Å². The summed E-state index contributed by atoms with van der Waals surface area (Å²) >= 11 is 1.81. The molecule has 1 N–H and O–H groups in total. The summed E-state index contributed by atoms with van der Waals surface area (Å²) in [5, 5.41) is 8.10. The molecule has 1 aromatic heterocycles. The summed E-state index contributed by atoms with van der Waals surface area (Å²) in [7, 11) is 0. The van der Waals surface area contributed by atoms with Crippen LogP contribution in [0.4, 0.5) is 5.69 Å². The normalized spacial score (nSPS) is 21.1. The number of benzene rings is 1. The van der Waals surface area contributed by atoms with Gasteiger partial charge in [-0.25, -0.2) is 0 Å². The molecule has 1 unspecified atom stereocenters. The van der Waals surface area contributed by atoms with Gasteiger partial charge >= 0.3 is 0 Å². The van der Waals surface area contributed by atoms with Crippen LogP contribution in [0.2, 0.25) is 0 Å². The predicted octanol–water partition coefficient (Wildman–Crippen LogP) is 4.00. The van der Waals surface area contributed by atoms with E-state index >= 15 is 0 Å². The number of para-hydroxylation sites is 1. The molecule has 1 aromatic carbocycles. The van der Waals surface area contributed by atoms with Crippen molar-refractivity contribution in [2.24, 2.45) is 5.92 Å². The fourth-order valence-corrected chi connectivity index (χ4v) is 4.03. The predicted molar refractivity (Wildman–Crippen MR) is 89.9 cm³/mol. The Hall–Kier alpha value is -1.32. The van der Waals surface area contributed by atoms with Crippen molar-refractivity contribution in [3.05, 3.63) is 52.2 Å². The van der Waals surface area contributed by atoms with E-state index in [1.54, 1.807) is 0 Å². The van der Waals surface area contributed by atoms with E-state index in [-0.39, 0.29) is 0 Å². The Bertz CT molecular complexity index is 589. The maximum Gasteiger partial charge on any atom is 0.0372 e. The SMILES string of the molecule is c1ccc2c(c1)CC(CN(Cc1ccsc1)C1CC1)CN2. The van der Waals surface area contributed by atoms with Crippen molar-refractivity contribution in [3.8, 4) is 0 Å². The monoisotopic (exact) mass is 298 g/mol.